The predicted molar refractivity (Wildman–Crippen MR) is 137 cm³/mol. The molecule has 0 bridgehead atoms. The molecule has 1 amide bonds. The number of aryl methyl sites for hydroxylation is 3. The zero-order chi connectivity index (χ0) is 24.4. The zero-order valence-electron chi connectivity index (χ0n) is 20.9. The van der Waals surface area contributed by atoms with Gasteiger partial charge in [-0.25, -0.2) is 4.68 Å². The Balaban J connectivity index is 1.16. The second kappa shape index (κ2) is 10.0. The van der Waals surface area contributed by atoms with Gasteiger partial charge in [0.2, 0.25) is 5.91 Å². The maximum absolute atomic E-state index is 13.0. The van der Waals surface area contributed by atoms with Gasteiger partial charge in [0, 0.05) is 31.4 Å². The van der Waals surface area contributed by atoms with Crippen molar-refractivity contribution in [1.82, 2.24) is 29.3 Å². The van der Waals surface area contributed by atoms with Crippen molar-refractivity contribution in [3.8, 4) is 5.69 Å². The SMILES string of the molecule is Cc1nn(-c2ccc3nnc(C)n3c2)c(C)c1CCC(=O)N1CCC(CCc2ccccc2)CC1. The molecule has 35 heavy (non-hydrogen) atoms. The Kier molecular flexibility index (Phi) is 6.66. The van der Waals surface area contributed by atoms with E-state index in [2.05, 4.69) is 52.4 Å². The van der Waals surface area contributed by atoms with Gasteiger partial charge in [-0.3, -0.25) is 9.20 Å². The van der Waals surface area contributed by atoms with Gasteiger partial charge in [0.05, 0.1) is 11.4 Å². The first-order valence-electron chi connectivity index (χ1n) is 12.7. The average Bonchev–Trinajstić information content (AvgIpc) is 3.40. The second-order valence-corrected chi connectivity index (χ2v) is 9.77. The highest BCUT2D eigenvalue weighted by molar-refractivity contribution is 5.76. The largest absolute Gasteiger partial charge is 0.343 e. The third-order valence-electron chi connectivity index (χ3n) is 7.48. The van der Waals surface area contributed by atoms with Crippen molar-refractivity contribution in [2.75, 3.05) is 13.1 Å². The monoisotopic (exact) mass is 470 g/mol. The fraction of sp³-hybridized carbons (Fsp3) is 0.429. The van der Waals surface area contributed by atoms with E-state index < -0.39 is 0 Å². The molecule has 7 nitrogen and oxygen atoms in total. The Morgan fingerprint density at radius 1 is 0.971 bits per heavy atom. The molecular formula is C28H34N6O. The molecule has 0 N–H and O–H groups in total. The first kappa shape index (κ1) is 23.3. The molecule has 7 heteroatoms. The summed E-state index contributed by atoms with van der Waals surface area (Å²) in [6.07, 6.45) is 7.83. The molecule has 0 spiro atoms. The number of likely N-dealkylation sites (tertiary alicyclic amines) is 1. The summed E-state index contributed by atoms with van der Waals surface area (Å²) in [5.41, 5.74) is 6.43. The molecule has 1 fully saturated rings. The predicted octanol–water partition coefficient (Wildman–Crippen LogP) is 4.64. The normalized spacial score (nSPS) is 14.7. The molecule has 182 valence electrons. The number of amides is 1. The lowest BCUT2D eigenvalue weighted by Gasteiger charge is -2.32. The third kappa shape index (κ3) is 4.99. The summed E-state index contributed by atoms with van der Waals surface area (Å²) < 4.78 is 3.94. The minimum Gasteiger partial charge on any atom is -0.343 e. The van der Waals surface area contributed by atoms with Crippen molar-refractivity contribution in [2.45, 2.75) is 59.3 Å². The summed E-state index contributed by atoms with van der Waals surface area (Å²) in [7, 11) is 0. The van der Waals surface area contributed by atoms with Crippen molar-refractivity contribution in [3.05, 3.63) is 77.0 Å². The Bertz CT molecular complexity index is 1310. The van der Waals surface area contributed by atoms with Gasteiger partial charge in [0.1, 0.15) is 5.82 Å². The highest BCUT2D eigenvalue weighted by Gasteiger charge is 2.23. The van der Waals surface area contributed by atoms with Crippen molar-refractivity contribution < 1.29 is 4.79 Å². The molecule has 1 saturated heterocycles. The summed E-state index contributed by atoms with van der Waals surface area (Å²) in [6, 6.07) is 14.7. The molecule has 0 atom stereocenters. The van der Waals surface area contributed by atoms with Gasteiger partial charge in [-0.15, -0.1) is 10.2 Å². The van der Waals surface area contributed by atoms with Crippen LogP contribution in [0.4, 0.5) is 0 Å². The lowest BCUT2D eigenvalue weighted by molar-refractivity contribution is -0.132. The molecular weight excluding hydrogens is 436 g/mol. The van der Waals surface area contributed by atoms with E-state index in [4.69, 9.17) is 5.10 Å². The van der Waals surface area contributed by atoms with E-state index in [1.54, 1.807) is 0 Å². The molecule has 4 aromatic rings. The van der Waals surface area contributed by atoms with Gasteiger partial charge >= 0.3 is 0 Å². The van der Waals surface area contributed by atoms with Crippen molar-refractivity contribution in [2.24, 2.45) is 5.92 Å². The number of pyridine rings is 1. The number of aromatic nitrogens is 5. The van der Waals surface area contributed by atoms with Crippen LogP contribution >= 0.6 is 0 Å². The van der Waals surface area contributed by atoms with Crippen LogP contribution in [-0.2, 0) is 17.6 Å². The zero-order valence-corrected chi connectivity index (χ0v) is 20.9. The summed E-state index contributed by atoms with van der Waals surface area (Å²) in [4.78, 5) is 15.1. The topological polar surface area (TPSA) is 68.3 Å². The lowest BCUT2D eigenvalue weighted by Crippen LogP contribution is -2.38. The van der Waals surface area contributed by atoms with E-state index in [1.165, 1.54) is 12.0 Å². The minimum atomic E-state index is 0.264. The summed E-state index contributed by atoms with van der Waals surface area (Å²) in [5, 5.41) is 13.1. The summed E-state index contributed by atoms with van der Waals surface area (Å²) in [5.74, 6) is 1.83. The smallest absolute Gasteiger partial charge is 0.222 e. The van der Waals surface area contributed by atoms with Gasteiger partial charge in [0.25, 0.3) is 0 Å². The van der Waals surface area contributed by atoms with Crippen LogP contribution < -0.4 is 0 Å². The van der Waals surface area contributed by atoms with Crippen LogP contribution in [0.1, 0.15) is 54.0 Å². The first-order chi connectivity index (χ1) is 17.0. The van der Waals surface area contributed by atoms with E-state index in [-0.39, 0.29) is 5.91 Å². The fourth-order valence-corrected chi connectivity index (χ4v) is 5.28. The van der Waals surface area contributed by atoms with Crippen LogP contribution in [0.25, 0.3) is 11.3 Å². The van der Waals surface area contributed by atoms with E-state index in [9.17, 15) is 4.79 Å². The molecule has 3 aromatic heterocycles. The Morgan fingerprint density at radius 2 is 1.74 bits per heavy atom. The van der Waals surface area contributed by atoms with Gasteiger partial charge in [0.15, 0.2) is 5.65 Å². The quantitative estimate of drug-likeness (QED) is 0.394. The maximum Gasteiger partial charge on any atom is 0.222 e. The number of rotatable bonds is 7. The molecule has 1 aromatic carbocycles. The summed E-state index contributed by atoms with van der Waals surface area (Å²) >= 11 is 0. The fourth-order valence-electron chi connectivity index (χ4n) is 5.28. The molecule has 4 heterocycles. The molecule has 0 radical (unpaired) electrons. The molecule has 0 unspecified atom stereocenters. The van der Waals surface area contributed by atoms with Gasteiger partial charge < -0.3 is 4.90 Å². The van der Waals surface area contributed by atoms with E-state index >= 15 is 0 Å². The van der Waals surface area contributed by atoms with E-state index in [0.29, 0.717) is 12.3 Å². The van der Waals surface area contributed by atoms with Gasteiger partial charge in [-0.2, -0.15) is 5.10 Å². The van der Waals surface area contributed by atoms with Crippen LogP contribution in [0, 0.1) is 26.7 Å². The Morgan fingerprint density at radius 3 is 2.51 bits per heavy atom. The standard InChI is InChI=1S/C28H34N6O/c1-20-26(21(2)34(31-20)25-11-13-27-30-29-22(3)33(27)19-25)12-14-28(35)32-17-15-24(16-18-32)10-9-23-7-5-4-6-8-23/h4-8,11,13,19,24H,9-10,12,14-18H2,1-3H3. The molecule has 0 saturated carbocycles. The molecule has 0 aliphatic carbocycles. The van der Waals surface area contributed by atoms with Crippen molar-refractivity contribution >= 4 is 11.6 Å². The maximum atomic E-state index is 13.0. The Hall–Kier alpha value is -3.48. The molecule has 1 aliphatic heterocycles. The number of fused-ring (bicyclic) bond motifs is 1. The highest BCUT2D eigenvalue weighted by atomic mass is 16.2. The summed E-state index contributed by atoms with van der Waals surface area (Å²) in [6.45, 7) is 7.82. The van der Waals surface area contributed by atoms with Gasteiger partial charge in [-0.05, 0) is 82.1 Å². The second-order valence-electron chi connectivity index (χ2n) is 9.77. The third-order valence-corrected chi connectivity index (χ3v) is 7.48. The van der Waals surface area contributed by atoms with Crippen LogP contribution in [0.5, 0.6) is 0 Å². The Labute approximate surface area is 206 Å². The number of piperidine rings is 1. The number of nitrogens with zero attached hydrogens (tertiary/aromatic N) is 6. The number of benzene rings is 1. The number of carbonyl (C=O) groups excluding carboxylic acids is 1. The van der Waals surface area contributed by atoms with Crippen LogP contribution in [0.2, 0.25) is 0 Å². The van der Waals surface area contributed by atoms with Crippen LogP contribution in [0.3, 0.4) is 0 Å². The van der Waals surface area contributed by atoms with Crippen LogP contribution in [0.15, 0.2) is 48.7 Å². The molecule has 5 rings (SSSR count). The first-order valence-corrected chi connectivity index (χ1v) is 12.7. The van der Waals surface area contributed by atoms with Gasteiger partial charge in [-0.1, -0.05) is 30.3 Å². The van der Waals surface area contributed by atoms with Crippen molar-refractivity contribution in [1.29, 1.82) is 0 Å². The van der Waals surface area contributed by atoms with E-state index in [0.717, 1.165) is 72.9 Å². The van der Waals surface area contributed by atoms with Crippen molar-refractivity contribution in [3.63, 3.8) is 0 Å². The number of hydrogen-bond donors (Lipinski definition) is 0. The number of hydrogen-bond acceptors (Lipinski definition) is 4. The lowest BCUT2D eigenvalue weighted by atomic mass is 9.90. The minimum absolute atomic E-state index is 0.264. The van der Waals surface area contributed by atoms with Crippen LogP contribution in [-0.4, -0.2) is 48.3 Å². The average molecular weight is 471 g/mol. The van der Waals surface area contributed by atoms with E-state index in [1.807, 2.05) is 41.3 Å². The molecule has 1 aliphatic rings. The highest BCUT2D eigenvalue weighted by Crippen LogP contribution is 2.24. The number of carbonyl (C=O) groups is 1.